The van der Waals surface area contributed by atoms with E-state index in [0.29, 0.717) is 17.8 Å². The number of Topliss-reactive ketones (excluding diaryl/α,β-unsaturated/α-hetero) is 1. The van der Waals surface area contributed by atoms with Gasteiger partial charge >= 0.3 is 24.2 Å². The second-order valence-corrected chi connectivity index (χ2v) is 13.5. The number of carbonyl (C=O) groups excluding carboxylic acids is 5. The van der Waals surface area contributed by atoms with Crippen LogP contribution in [-0.2, 0) is 41.6 Å². The van der Waals surface area contributed by atoms with Gasteiger partial charge in [-0.1, -0.05) is 12.1 Å². The van der Waals surface area contributed by atoms with E-state index in [4.69, 9.17) is 18.9 Å². The largest absolute Gasteiger partial charge is 0.459 e. The van der Waals surface area contributed by atoms with Gasteiger partial charge in [0, 0.05) is 52.6 Å². The molecule has 49 heavy (non-hydrogen) atoms. The van der Waals surface area contributed by atoms with Gasteiger partial charge in [0.25, 0.3) is 0 Å². The van der Waals surface area contributed by atoms with E-state index >= 15 is 0 Å². The van der Waals surface area contributed by atoms with Crippen molar-refractivity contribution >= 4 is 41.7 Å². The first-order valence-corrected chi connectivity index (χ1v) is 15.8. The van der Waals surface area contributed by atoms with Crippen LogP contribution in [0, 0.1) is 0 Å². The van der Waals surface area contributed by atoms with Crippen LogP contribution >= 0.6 is 0 Å². The Bertz CT molecular complexity index is 1470. The second kappa shape index (κ2) is 17.4. The van der Waals surface area contributed by atoms with Gasteiger partial charge < -0.3 is 33.6 Å². The van der Waals surface area contributed by atoms with Crippen LogP contribution in [0.3, 0.4) is 0 Å². The zero-order valence-electron chi connectivity index (χ0n) is 30.4. The maximum atomic E-state index is 13.2. The summed E-state index contributed by atoms with van der Waals surface area (Å²) in [5, 5.41) is 0. The van der Waals surface area contributed by atoms with Crippen LogP contribution in [0.25, 0.3) is 0 Å². The van der Waals surface area contributed by atoms with E-state index in [9.17, 15) is 24.0 Å². The number of anilines is 2. The molecule has 0 spiro atoms. The first kappa shape index (κ1) is 40.2. The van der Waals surface area contributed by atoms with Crippen LogP contribution in [0.1, 0.15) is 66.0 Å². The van der Waals surface area contributed by atoms with E-state index in [-0.39, 0.29) is 37.7 Å². The molecule has 2 rings (SSSR count). The number of esters is 1. The Hall–Kier alpha value is -4.95. The molecular formula is C34H50N6O9. The first-order valence-electron chi connectivity index (χ1n) is 15.8. The summed E-state index contributed by atoms with van der Waals surface area (Å²) >= 11 is 0. The maximum Gasteiger partial charge on any atom is 0.417 e. The highest BCUT2D eigenvalue weighted by Crippen LogP contribution is 2.23. The van der Waals surface area contributed by atoms with Crippen molar-refractivity contribution in [3.63, 3.8) is 0 Å². The number of ether oxygens (including phenoxy) is 4. The molecule has 270 valence electrons. The van der Waals surface area contributed by atoms with Crippen molar-refractivity contribution in [2.24, 2.45) is 0 Å². The van der Waals surface area contributed by atoms with Crippen molar-refractivity contribution in [3.05, 3.63) is 47.8 Å². The molecule has 0 aliphatic heterocycles. The fourth-order valence-electron chi connectivity index (χ4n) is 4.17. The lowest BCUT2D eigenvalue weighted by molar-refractivity contribution is -0.145. The topological polar surface area (TPSA) is 161 Å². The molecule has 0 radical (unpaired) electrons. The van der Waals surface area contributed by atoms with Gasteiger partial charge in [-0.2, -0.15) is 0 Å². The number of hydrogen-bond acceptors (Lipinski definition) is 12. The Balaban J connectivity index is 2.00. The molecule has 1 unspecified atom stereocenters. The predicted molar refractivity (Wildman–Crippen MR) is 182 cm³/mol. The summed E-state index contributed by atoms with van der Waals surface area (Å²) < 4.78 is 21.6. The van der Waals surface area contributed by atoms with Crippen LogP contribution in [0.2, 0.25) is 0 Å². The summed E-state index contributed by atoms with van der Waals surface area (Å²) in [7, 11) is 6.12. The minimum Gasteiger partial charge on any atom is -0.459 e. The van der Waals surface area contributed by atoms with E-state index in [2.05, 4.69) is 9.97 Å². The monoisotopic (exact) mass is 686 g/mol. The Morgan fingerprint density at radius 1 is 0.735 bits per heavy atom. The lowest BCUT2D eigenvalue weighted by atomic mass is 10.1. The fourth-order valence-corrected chi connectivity index (χ4v) is 4.17. The van der Waals surface area contributed by atoms with Crippen molar-refractivity contribution in [2.75, 3.05) is 51.1 Å². The molecule has 0 N–H and O–H groups in total. The second-order valence-electron chi connectivity index (χ2n) is 13.5. The number of amides is 3. The predicted octanol–water partition coefficient (Wildman–Crippen LogP) is 4.81. The Morgan fingerprint density at radius 2 is 1.24 bits per heavy atom. The van der Waals surface area contributed by atoms with E-state index in [1.807, 2.05) is 6.07 Å². The molecule has 2 aromatic rings. The van der Waals surface area contributed by atoms with Crippen LogP contribution < -0.4 is 9.80 Å². The molecule has 0 fully saturated rings. The van der Waals surface area contributed by atoms with Crippen molar-refractivity contribution in [1.82, 2.24) is 19.8 Å². The summed E-state index contributed by atoms with van der Waals surface area (Å²) in [5.41, 5.74) is -0.198. The molecule has 0 aromatic carbocycles. The molecule has 15 nitrogen and oxygen atoms in total. The molecule has 2 heterocycles. The smallest absolute Gasteiger partial charge is 0.417 e. The van der Waals surface area contributed by atoms with E-state index < -0.39 is 41.7 Å². The van der Waals surface area contributed by atoms with Gasteiger partial charge in [0.05, 0.1) is 6.54 Å². The summed E-state index contributed by atoms with van der Waals surface area (Å²) in [6.45, 7) is 11.5. The van der Waals surface area contributed by atoms with Gasteiger partial charge in [-0.3, -0.25) is 14.5 Å². The summed E-state index contributed by atoms with van der Waals surface area (Å²) in [6.07, 6.45) is 0.829. The number of pyridine rings is 2. The van der Waals surface area contributed by atoms with Crippen molar-refractivity contribution in [3.8, 4) is 0 Å². The minimum atomic E-state index is -0.786. The van der Waals surface area contributed by atoms with Crippen LogP contribution in [0.4, 0.5) is 26.0 Å². The highest BCUT2D eigenvalue weighted by molar-refractivity contribution is 5.87. The van der Waals surface area contributed by atoms with Crippen molar-refractivity contribution in [2.45, 2.75) is 85.3 Å². The molecule has 0 bridgehead atoms. The van der Waals surface area contributed by atoms with E-state index in [0.717, 1.165) is 10.5 Å². The molecule has 1 atom stereocenters. The summed E-state index contributed by atoms with van der Waals surface area (Å²) in [5.74, 6) is -0.102. The zero-order chi connectivity index (χ0) is 37.1. The maximum absolute atomic E-state index is 13.2. The van der Waals surface area contributed by atoms with Gasteiger partial charge in [-0.05, 0) is 72.6 Å². The summed E-state index contributed by atoms with van der Waals surface area (Å²) in [6, 6.07) is 6.87. The standard InChI is InChI=1S/C34H50N6O9/c1-23(39(10)28-24(14-12-18-35-28)16-17-26(41)20-37(8)30(43)48-33(2,3)4)47-32(45)40(11)29-25(15-13-19-36-29)22-46-27(42)21-38(9)31(44)49-34(5,6)7/h12-15,18-19,23H,16-17,20-22H2,1-11H3. The number of aromatic nitrogens is 2. The summed E-state index contributed by atoms with van der Waals surface area (Å²) in [4.78, 5) is 76.7. The number of nitrogens with zero attached hydrogens (tertiary/aromatic N) is 6. The number of carbonyl (C=O) groups is 5. The van der Waals surface area contributed by atoms with Crippen LogP contribution in [0.5, 0.6) is 0 Å². The molecule has 3 amide bonds. The molecule has 0 aliphatic rings. The number of hydrogen-bond donors (Lipinski definition) is 0. The number of ketones is 1. The third kappa shape index (κ3) is 13.6. The Labute approximate surface area is 288 Å². The number of aryl methyl sites for hydroxylation is 1. The molecule has 0 saturated heterocycles. The first-order chi connectivity index (χ1) is 22.7. The average molecular weight is 687 g/mol. The molecule has 15 heteroatoms. The molecular weight excluding hydrogens is 636 g/mol. The minimum absolute atomic E-state index is 0.0987. The normalized spacial score (nSPS) is 11.9. The Kier molecular flexibility index (Phi) is 14.3. The quantitative estimate of drug-likeness (QED) is 0.161. The van der Waals surface area contributed by atoms with Crippen molar-refractivity contribution < 1.29 is 42.9 Å². The van der Waals surface area contributed by atoms with E-state index in [1.165, 1.54) is 37.1 Å². The number of likely N-dealkylation sites (N-methyl/N-ethyl adjacent to an activating group) is 2. The molecule has 2 aromatic heterocycles. The van der Waals surface area contributed by atoms with Gasteiger partial charge in [0.15, 0.2) is 12.0 Å². The third-order valence-electron chi connectivity index (χ3n) is 6.73. The highest BCUT2D eigenvalue weighted by atomic mass is 16.6. The SMILES string of the molecule is CC(OC(=O)N(C)c1ncccc1COC(=O)CN(C)C(=O)OC(C)(C)C)N(C)c1ncccc1CCC(=O)CN(C)C(=O)OC(C)(C)C. The van der Waals surface area contributed by atoms with E-state index in [1.54, 1.807) is 84.8 Å². The lowest BCUT2D eigenvalue weighted by Gasteiger charge is -2.29. The van der Waals surface area contributed by atoms with Gasteiger partial charge in [0.1, 0.15) is 36.0 Å². The molecule has 0 saturated carbocycles. The molecule has 0 aliphatic carbocycles. The van der Waals surface area contributed by atoms with Gasteiger partial charge in [-0.25, -0.2) is 24.4 Å². The fraction of sp³-hybridized carbons (Fsp3) is 0.559. The highest BCUT2D eigenvalue weighted by Gasteiger charge is 2.26. The van der Waals surface area contributed by atoms with Gasteiger partial charge in [-0.15, -0.1) is 0 Å². The lowest BCUT2D eigenvalue weighted by Crippen LogP contribution is -2.39. The van der Waals surface area contributed by atoms with Crippen LogP contribution in [0.15, 0.2) is 36.7 Å². The Morgan fingerprint density at radius 3 is 1.80 bits per heavy atom. The number of rotatable bonds is 13. The average Bonchev–Trinajstić information content (AvgIpc) is 3.00. The van der Waals surface area contributed by atoms with Crippen LogP contribution in [-0.4, -0.2) is 109 Å². The van der Waals surface area contributed by atoms with Gasteiger partial charge in [0.2, 0.25) is 0 Å². The van der Waals surface area contributed by atoms with Crippen molar-refractivity contribution in [1.29, 1.82) is 0 Å². The zero-order valence-corrected chi connectivity index (χ0v) is 30.4. The third-order valence-corrected chi connectivity index (χ3v) is 6.73.